The fraction of sp³-hybridized carbons (Fsp3) is 0.562. The lowest BCUT2D eigenvalue weighted by molar-refractivity contribution is -0.139. The molecule has 0 radical (unpaired) electrons. The number of rotatable bonds is 6. The number of carbonyl (C=O) groups is 1. The van der Waals surface area contributed by atoms with Gasteiger partial charge in [-0.3, -0.25) is 4.79 Å². The summed E-state index contributed by atoms with van der Waals surface area (Å²) in [7, 11) is 1.65. The van der Waals surface area contributed by atoms with E-state index in [0.29, 0.717) is 13.0 Å². The summed E-state index contributed by atoms with van der Waals surface area (Å²) in [6.45, 7) is 10.1. The highest BCUT2D eigenvalue weighted by Gasteiger charge is 2.31. The second-order valence-electron chi connectivity index (χ2n) is 5.11. The van der Waals surface area contributed by atoms with E-state index in [4.69, 9.17) is 9.47 Å². The number of amides is 1. The Morgan fingerprint density at radius 1 is 1.25 bits per heavy atom. The topological polar surface area (TPSA) is 47.6 Å². The first-order valence-corrected chi connectivity index (χ1v) is 6.98. The van der Waals surface area contributed by atoms with E-state index >= 15 is 0 Å². The second-order valence-corrected chi connectivity index (χ2v) is 5.11. The van der Waals surface area contributed by atoms with Gasteiger partial charge in [-0.1, -0.05) is 6.92 Å². The Morgan fingerprint density at radius 3 is 2.20 bits per heavy atom. The number of hydrogen-bond acceptors (Lipinski definition) is 3. The lowest BCUT2D eigenvalue weighted by Crippen LogP contribution is -2.42. The van der Waals surface area contributed by atoms with Crippen molar-refractivity contribution in [3.05, 3.63) is 23.3 Å². The third-order valence-corrected chi connectivity index (χ3v) is 3.54. The zero-order chi connectivity index (χ0) is 15.3. The minimum Gasteiger partial charge on any atom is -0.496 e. The van der Waals surface area contributed by atoms with Crippen LogP contribution in [-0.2, 0) is 9.53 Å². The molecule has 1 amide bonds. The Hall–Kier alpha value is -1.55. The molecule has 0 bridgehead atoms. The average Bonchev–Trinajstić information content (AvgIpc) is 2.38. The normalized spacial score (nSPS) is 13.7. The van der Waals surface area contributed by atoms with Crippen LogP contribution in [0, 0.1) is 13.8 Å². The molecule has 1 N–H and O–H groups in total. The van der Waals surface area contributed by atoms with Gasteiger partial charge in [0.05, 0.1) is 7.11 Å². The fourth-order valence-corrected chi connectivity index (χ4v) is 2.25. The van der Waals surface area contributed by atoms with E-state index in [1.165, 1.54) is 0 Å². The second kappa shape index (κ2) is 6.75. The van der Waals surface area contributed by atoms with Crippen molar-refractivity contribution in [2.45, 2.75) is 46.6 Å². The Morgan fingerprint density at radius 2 is 1.80 bits per heavy atom. The summed E-state index contributed by atoms with van der Waals surface area (Å²) in [5, 5.41) is 2.93. The van der Waals surface area contributed by atoms with Gasteiger partial charge in [0.1, 0.15) is 11.4 Å². The number of methoxy groups -OCH3 is 1. The van der Waals surface area contributed by atoms with Crippen LogP contribution in [-0.4, -0.2) is 25.2 Å². The molecule has 0 saturated carbocycles. The lowest BCUT2D eigenvalue weighted by Gasteiger charge is -2.27. The van der Waals surface area contributed by atoms with Gasteiger partial charge in [-0.15, -0.1) is 0 Å². The van der Waals surface area contributed by atoms with E-state index in [-0.39, 0.29) is 5.91 Å². The van der Waals surface area contributed by atoms with Gasteiger partial charge in [0.25, 0.3) is 5.91 Å². The molecule has 20 heavy (non-hydrogen) atoms. The Kier molecular flexibility index (Phi) is 5.57. The number of carbonyl (C=O) groups excluding carboxylic acids is 1. The highest BCUT2D eigenvalue weighted by molar-refractivity contribution is 5.97. The van der Waals surface area contributed by atoms with Gasteiger partial charge in [0, 0.05) is 12.3 Å². The minimum atomic E-state index is -0.795. The Bertz CT molecular complexity index is 462. The van der Waals surface area contributed by atoms with E-state index in [9.17, 15) is 4.79 Å². The van der Waals surface area contributed by atoms with Crippen LogP contribution in [0.4, 0.5) is 5.69 Å². The molecule has 0 heterocycles. The molecule has 0 fully saturated rings. The summed E-state index contributed by atoms with van der Waals surface area (Å²) in [6, 6.07) is 3.82. The van der Waals surface area contributed by atoms with Crippen LogP contribution in [0.15, 0.2) is 12.1 Å². The molecule has 1 unspecified atom stereocenters. The number of anilines is 1. The molecule has 1 aromatic carbocycles. The van der Waals surface area contributed by atoms with Crippen molar-refractivity contribution in [1.29, 1.82) is 0 Å². The highest BCUT2D eigenvalue weighted by Crippen LogP contribution is 2.27. The molecule has 0 aliphatic carbocycles. The summed E-state index contributed by atoms with van der Waals surface area (Å²) < 4.78 is 10.9. The monoisotopic (exact) mass is 279 g/mol. The molecule has 1 atom stereocenters. The van der Waals surface area contributed by atoms with E-state index < -0.39 is 5.60 Å². The summed E-state index contributed by atoms with van der Waals surface area (Å²) in [5.74, 6) is 0.733. The van der Waals surface area contributed by atoms with Gasteiger partial charge < -0.3 is 14.8 Å². The van der Waals surface area contributed by atoms with Gasteiger partial charge in [-0.25, -0.2) is 0 Å². The first-order chi connectivity index (χ1) is 9.37. The molecule has 0 spiro atoms. The van der Waals surface area contributed by atoms with Crippen molar-refractivity contribution in [3.8, 4) is 5.75 Å². The number of aryl methyl sites for hydroxylation is 2. The highest BCUT2D eigenvalue weighted by atomic mass is 16.5. The van der Waals surface area contributed by atoms with Crippen LogP contribution in [0.25, 0.3) is 0 Å². The lowest BCUT2D eigenvalue weighted by atomic mass is 10.0. The zero-order valence-corrected chi connectivity index (χ0v) is 13.3. The van der Waals surface area contributed by atoms with E-state index in [2.05, 4.69) is 5.32 Å². The standard InChI is InChI=1S/C16H25NO3/c1-7-16(5,20-8-2)15(18)17-13-9-11(3)14(19-6)12(4)10-13/h9-10H,7-8H2,1-6H3,(H,17,18). The molecule has 0 aliphatic rings. The maximum Gasteiger partial charge on any atom is 0.256 e. The van der Waals surface area contributed by atoms with Gasteiger partial charge in [0.2, 0.25) is 0 Å². The maximum absolute atomic E-state index is 12.4. The largest absolute Gasteiger partial charge is 0.496 e. The van der Waals surface area contributed by atoms with Crippen molar-refractivity contribution in [2.75, 3.05) is 19.0 Å². The molecular formula is C16H25NO3. The maximum atomic E-state index is 12.4. The van der Waals surface area contributed by atoms with Crippen molar-refractivity contribution >= 4 is 11.6 Å². The number of ether oxygens (including phenoxy) is 2. The first kappa shape index (κ1) is 16.5. The SMILES string of the molecule is CCOC(C)(CC)C(=O)Nc1cc(C)c(OC)c(C)c1. The van der Waals surface area contributed by atoms with E-state index in [1.54, 1.807) is 7.11 Å². The zero-order valence-electron chi connectivity index (χ0n) is 13.3. The molecule has 1 aromatic rings. The Balaban J connectivity index is 2.96. The third kappa shape index (κ3) is 3.51. The summed E-state index contributed by atoms with van der Waals surface area (Å²) >= 11 is 0. The molecule has 0 aromatic heterocycles. The third-order valence-electron chi connectivity index (χ3n) is 3.54. The van der Waals surface area contributed by atoms with Gasteiger partial charge in [-0.2, -0.15) is 0 Å². The number of benzene rings is 1. The molecule has 1 rings (SSSR count). The van der Waals surface area contributed by atoms with Gasteiger partial charge in [-0.05, 0) is 57.4 Å². The fourth-order valence-electron chi connectivity index (χ4n) is 2.25. The van der Waals surface area contributed by atoms with Crippen molar-refractivity contribution in [3.63, 3.8) is 0 Å². The molecule has 4 heteroatoms. The van der Waals surface area contributed by atoms with E-state index in [0.717, 1.165) is 22.6 Å². The predicted octanol–water partition coefficient (Wildman–Crippen LogP) is 3.46. The van der Waals surface area contributed by atoms with Crippen LogP contribution in [0.5, 0.6) is 5.75 Å². The molecule has 4 nitrogen and oxygen atoms in total. The number of nitrogens with one attached hydrogen (secondary N) is 1. The van der Waals surface area contributed by atoms with Crippen LogP contribution in [0.1, 0.15) is 38.3 Å². The summed E-state index contributed by atoms with van der Waals surface area (Å²) in [4.78, 5) is 12.4. The Labute approximate surface area is 121 Å². The van der Waals surface area contributed by atoms with Crippen LogP contribution in [0.3, 0.4) is 0 Å². The molecule has 112 valence electrons. The van der Waals surface area contributed by atoms with Crippen LogP contribution in [0.2, 0.25) is 0 Å². The quantitative estimate of drug-likeness (QED) is 0.867. The van der Waals surface area contributed by atoms with Crippen LogP contribution >= 0.6 is 0 Å². The van der Waals surface area contributed by atoms with Crippen molar-refractivity contribution in [2.24, 2.45) is 0 Å². The van der Waals surface area contributed by atoms with Gasteiger partial charge >= 0.3 is 0 Å². The molecular weight excluding hydrogens is 254 g/mol. The minimum absolute atomic E-state index is 0.120. The first-order valence-electron chi connectivity index (χ1n) is 6.98. The molecule has 0 aliphatic heterocycles. The molecule has 0 saturated heterocycles. The van der Waals surface area contributed by atoms with Crippen LogP contribution < -0.4 is 10.1 Å². The van der Waals surface area contributed by atoms with Crippen molar-refractivity contribution < 1.29 is 14.3 Å². The van der Waals surface area contributed by atoms with E-state index in [1.807, 2.05) is 46.8 Å². The number of hydrogen-bond donors (Lipinski definition) is 1. The average molecular weight is 279 g/mol. The van der Waals surface area contributed by atoms with Crippen molar-refractivity contribution in [1.82, 2.24) is 0 Å². The van der Waals surface area contributed by atoms with Gasteiger partial charge in [0.15, 0.2) is 0 Å². The smallest absolute Gasteiger partial charge is 0.256 e. The summed E-state index contributed by atoms with van der Waals surface area (Å²) in [6.07, 6.45) is 0.626. The summed E-state index contributed by atoms with van der Waals surface area (Å²) in [5.41, 5.74) is 1.97. The predicted molar refractivity (Wildman–Crippen MR) is 81.4 cm³/mol.